The van der Waals surface area contributed by atoms with Gasteiger partial charge >= 0.3 is 0 Å². The summed E-state index contributed by atoms with van der Waals surface area (Å²) in [5, 5.41) is 0. The van der Waals surface area contributed by atoms with Crippen LogP contribution in [0.25, 0.3) is 0 Å². The highest BCUT2D eigenvalue weighted by atomic mass is 16.5. The summed E-state index contributed by atoms with van der Waals surface area (Å²) >= 11 is 0. The van der Waals surface area contributed by atoms with E-state index < -0.39 is 0 Å². The van der Waals surface area contributed by atoms with E-state index in [9.17, 15) is 0 Å². The van der Waals surface area contributed by atoms with Crippen LogP contribution in [0.5, 0.6) is 17.4 Å². The lowest BCUT2D eigenvalue weighted by molar-refractivity contribution is 0.319. The molecule has 0 amide bonds. The second kappa shape index (κ2) is 6.02. The van der Waals surface area contributed by atoms with Crippen LogP contribution in [-0.4, -0.2) is 11.6 Å². The number of hydrogen-bond acceptors (Lipinski definition) is 4. The van der Waals surface area contributed by atoms with Crippen molar-refractivity contribution in [3.8, 4) is 17.4 Å². The molecular formula is C14H16N2O2. The zero-order valence-electron chi connectivity index (χ0n) is 10.3. The number of pyridine rings is 1. The molecule has 0 aliphatic heterocycles. The number of nitrogens with zero attached hydrogens (tertiary/aromatic N) is 1. The second-order valence-electron chi connectivity index (χ2n) is 3.69. The first-order valence-corrected chi connectivity index (χ1v) is 5.88. The van der Waals surface area contributed by atoms with Gasteiger partial charge in [-0.1, -0.05) is 12.1 Å². The molecule has 1 aromatic heterocycles. The average molecular weight is 244 g/mol. The fourth-order valence-electron chi connectivity index (χ4n) is 1.56. The van der Waals surface area contributed by atoms with Crippen molar-refractivity contribution in [2.45, 2.75) is 13.5 Å². The van der Waals surface area contributed by atoms with Crippen molar-refractivity contribution in [2.75, 3.05) is 6.61 Å². The van der Waals surface area contributed by atoms with Crippen molar-refractivity contribution < 1.29 is 9.47 Å². The fourth-order valence-corrected chi connectivity index (χ4v) is 1.56. The summed E-state index contributed by atoms with van der Waals surface area (Å²) < 4.78 is 11.2. The van der Waals surface area contributed by atoms with Crippen LogP contribution in [-0.2, 0) is 6.54 Å². The molecule has 0 aliphatic carbocycles. The maximum Gasteiger partial charge on any atom is 0.219 e. The zero-order chi connectivity index (χ0) is 12.8. The summed E-state index contributed by atoms with van der Waals surface area (Å²) in [5.74, 6) is 1.88. The van der Waals surface area contributed by atoms with Gasteiger partial charge in [0.25, 0.3) is 0 Å². The quantitative estimate of drug-likeness (QED) is 0.878. The van der Waals surface area contributed by atoms with Gasteiger partial charge < -0.3 is 15.2 Å². The largest absolute Gasteiger partial charge is 0.490 e. The first-order chi connectivity index (χ1) is 8.83. The first-order valence-electron chi connectivity index (χ1n) is 5.88. The minimum atomic E-state index is 0.464. The summed E-state index contributed by atoms with van der Waals surface area (Å²) in [6, 6.07) is 11.2. The van der Waals surface area contributed by atoms with Gasteiger partial charge in [-0.3, -0.25) is 0 Å². The maximum atomic E-state index is 5.71. The highest BCUT2D eigenvalue weighted by molar-refractivity contribution is 5.41. The smallest absolute Gasteiger partial charge is 0.219 e. The minimum Gasteiger partial charge on any atom is -0.490 e. The monoisotopic (exact) mass is 244 g/mol. The Morgan fingerprint density at radius 2 is 1.94 bits per heavy atom. The van der Waals surface area contributed by atoms with Gasteiger partial charge in [-0.05, 0) is 30.7 Å². The van der Waals surface area contributed by atoms with Crippen LogP contribution in [0.15, 0.2) is 42.6 Å². The van der Waals surface area contributed by atoms with E-state index in [1.54, 1.807) is 6.20 Å². The lowest BCUT2D eigenvalue weighted by Crippen LogP contribution is -1.98. The Bertz CT molecular complexity index is 515. The molecule has 0 fully saturated rings. The van der Waals surface area contributed by atoms with E-state index in [1.807, 2.05) is 43.3 Å². The van der Waals surface area contributed by atoms with Crippen LogP contribution < -0.4 is 15.2 Å². The van der Waals surface area contributed by atoms with Crippen LogP contribution in [0, 0.1) is 0 Å². The summed E-state index contributed by atoms with van der Waals surface area (Å²) in [7, 11) is 0. The Kier molecular flexibility index (Phi) is 4.15. The lowest BCUT2D eigenvalue weighted by Gasteiger charge is -2.10. The average Bonchev–Trinajstić information content (AvgIpc) is 2.41. The molecule has 0 saturated carbocycles. The van der Waals surface area contributed by atoms with Crippen molar-refractivity contribution in [2.24, 2.45) is 5.73 Å². The van der Waals surface area contributed by atoms with Crippen molar-refractivity contribution in [3.63, 3.8) is 0 Å². The Morgan fingerprint density at radius 3 is 2.67 bits per heavy atom. The molecule has 1 aromatic carbocycles. The van der Waals surface area contributed by atoms with Crippen LogP contribution in [0.2, 0.25) is 0 Å². The molecule has 2 rings (SSSR count). The third-order valence-corrected chi connectivity index (χ3v) is 2.40. The molecule has 0 unspecified atom stereocenters. The normalized spacial score (nSPS) is 10.1. The molecule has 0 atom stereocenters. The third kappa shape index (κ3) is 2.99. The van der Waals surface area contributed by atoms with E-state index in [2.05, 4.69) is 4.98 Å². The van der Waals surface area contributed by atoms with Crippen molar-refractivity contribution >= 4 is 0 Å². The summed E-state index contributed by atoms with van der Waals surface area (Å²) in [5.41, 5.74) is 6.56. The van der Waals surface area contributed by atoms with Gasteiger partial charge in [0.15, 0.2) is 11.5 Å². The lowest BCUT2D eigenvalue weighted by atomic mass is 10.3. The highest BCUT2D eigenvalue weighted by Crippen LogP contribution is 2.30. The predicted octanol–water partition coefficient (Wildman–Crippen LogP) is 2.73. The number of nitrogens with two attached hydrogens (primary N) is 1. The van der Waals surface area contributed by atoms with Gasteiger partial charge in [-0.25, -0.2) is 4.98 Å². The number of rotatable bonds is 5. The van der Waals surface area contributed by atoms with Crippen molar-refractivity contribution in [1.82, 2.24) is 4.98 Å². The van der Waals surface area contributed by atoms with Crippen LogP contribution in [0.3, 0.4) is 0 Å². The second-order valence-corrected chi connectivity index (χ2v) is 3.69. The molecular weight excluding hydrogens is 228 g/mol. The summed E-state index contributed by atoms with van der Waals surface area (Å²) in [4.78, 5) is 4.15. The Hall–Kier alpha value is -2.07. The molecule has 4 heteroatoms. The van der Waals surface area contributed by atoms with E-state index in [0.717, 1.165) is 5.56 Å². The Morgan fingerprint density at radius 1 is 1.17 bits per heavy atom. The van der Waals surface area contributed by atoms with Gasteiger partial charge in [0.1, 0.15) is 0 Å². The minimum absolute atomic E-state index is 0.464. The SMILES string of the molecule is CCOc1ccccc1Oc1cc(CN)ccn1. The van der Waals surface area contributed by atoms with Crippen molar-refractivity contribution in [3.05, 3.63) is 48.2 Å². The standard InChI is InChI=1S/C14H16N2O2/c1-2-17-12-5-3-4-6-13(12)18-14-9-11(10-15)7-8-16-14/h3-9H,2,10,15H2,1H3. The van der Waals surface area contributed by atoms with E-state index in [-0.39, 0.29) is 0 Å². The molecule has 1 heterocycles. The molecule has 0 radical (unpaired) electrons. The first kappa shape index (κ1) is 12.4. The molecule has 18 heavy (non-hydrogen) atoms. The molecule has 2 N–H and O–H groups in total. The zero-order valence-corrected chi connectivity index (χ0v) is 10.3. The van der Waals surface area contributed by atoms with E-state index in [4.69, 9.17) is 15.2 Å². The van der Waals surface area contributed by atoms with E-state index in [0.29, 0.717) is 30.5 Å². The van der Waals surface area contributed by atoms with E-state index in [1.165, 1.54) is 0 Å². The molecule has 4 nitrogen and oxygen atoms in total. The summed E-state index contributed by atoms with van der Waals surface area (Å²) in [6.07, 6.45) is 1.68. The molecule has 2 aromatic rings. The predicted molar refractivity (Wildman–Crippen MR) is 69.8 cm³/mol. The van der Waals surface area contributed by atoms with Gasteiger partial charge in [0, 0.05) is 18.8 Å². The molecule has 0 aliphatic rings. The molecule has 0 saturated heterocycles. The Balaban J connectivity index is 2.22. The van der Waals surface area contributed by atoms with E-state index >= 15 is 0 Å². The fraction of sp³-hybridized carbons (Fsp3) is 0.214. The third-order valence-electron chi connectivity index (χ3n) is 2.40. The van der Waals surface area contributed by atoms with Crippen molar-refractivity contribution in [1.29, 1.82) is 0 Å². The van der Waals surface area contributed by atoms with Gasteiger partial charge in [-0.2, -0.15) is 0 Å². The van der Waals surface area contributed by atoms with Crippen LogP contribution in [0.1, 0.15) is 12.5 Å². The van der Waals surface area contributed by atoms with Crippen LogP contribution in [0.4, 0.5) is 0 Å². The number of ether oxygens (including phenoxy) is 2. The number of para-hydroxylation sites is 2. The highest BCUT2D eigenvalue weighted by Gasteiger charge is 2.06. The number of hydrogen-bond donors (Lipinski definition) is 1. The number of aromatic nitrogens is 1. The summed E-state index contributed by atoms with van der Waals surface area (Å²) in [6.45, 7) is 2.99. The molecule has 0 bridgehead atoms. The van der Waals surface area contributed by atoms with Crippen LogP contribution >= 0.6 is 0 Å². The number of benzene rings is 1. The maximum absolute atomic E-state index is 5.71. The van der Waals surface area contributed by atoms with Gasteiger partial charge in [0.05, 0.1) is 6.61 Å². The molecule has 0 spiro atoms. The van der Waals surface area contributed by atoms with Gasteiger partial charge in [-0.15, -0.1) is 0 Å². The van der Waals surface area contributed by atoms with Gasteiger partial charge in [0.2, 0.25) is 5.88 Å². The topological polar surface area (TPSA) is 57.4 Å². The Labute approximate surface area is 106 Å². The molecule has 94 valence electrons.